The van der Waals surface area contributed by atoms with Crippen molar-refractivity contribution in [3.8, 4) is 11.5 Å². The van der Waals surface area contributed by atoms with Crippen LogP contribution in [0.25, 0.3) is 0 Å². The molecule has 0 spiro atoms. The van der Waals surface area contributed by atoms with Crippen molar-refractivity contribution in [3.05, 3.63) is 52.5 Å². The fourth-order valence-corrected chi connectivity index (χ4v) is 2.96. The van der Waals surface area contributed by atoms with Crippen molar-refractivity contribution in [2.45, 2.75) is 26.4 Å². The van der Waals surface area contributed by atoms with Gasteiger partial charge in [-0.3, -0.25) is 9.59 Å². The van der Waals surface area contributed by atoms with Crippen LogP contribution in [0.1, 0.15) is 41.0 Å². The zero-order valence-electron chi connectivity index (χ0n) is 16.0. The highest BCUT2D eigenvalue weighted by atomic mass is 35.5. The SMILES string of the molecule is CC(=O)c1cccc(NC(=O)C(C)OC(=O)c2cc(Cl)c3c(c2)OCCCO3)c1. The van der Waals surface area contributed by atoms with Gasteiger partial charge in [-0.15, -0.1) is 0 Å². The standard InChI is InChI=1S/C21H20ClNO6/c1-12(24)14-5-3-6-16(9-14)23-20(25)13(2)29-21(26)15-10-17(22)19-18(11-15)27-7-4-8-28-19/h3,5-6,9-11,13H,4,7-8H2,1-2H3,(H,23,25). The minimum absolute atomic E-state index is 0.119. The summed E-state index contributed by atoms with van der Waals surface area (Å²) in [6, 6.07) is 9.40. The summed E-state index contributed by atoms with van der Waals surface area (Å²) in [5, 5.41) is 2.86. The molecule has 1 aliphatic heterocycles. The maximum Gasteiger partial charge on any atom is 0.339 e. The van der Waals surface area contributed by atoms with Crippen molar-refractivity contribution in [1.29, 1.82) is 0 Å². The molecular formula is C21H20ClNO6. The van der Waals surface area contributed by atoms with Crippen LogP contribution in [0.3, 0.4) is 0 Å². The molecule has 0 aliphatic carbocycles. The fraction of sp³-hybridized carbons (Fsp3) is 0.286. The van der Waals surface area contributed by atoms with E-state index in [0.29, 0.717) is 42.4 Å². The molecule has 0 aromatic heterocycles. The van der Waals surface area contributed by atoms with E-state index in [0.717, 1.165) is 0 Å². The number of nitrogens with one attached hydrogen (secondary N) is 1. The van der Waals surface area contributed by atoms with Gasteiger partial charge >= 0.3 is 5.97 Å². The number of fused-ring (bicyclic) bond motifs is 1. The molecule has 1 N–H and O–H groups in total. The number of anilines is 1. The molecule has 1 atom stereocenters. The molecular weight excluding hydrogens is 398 g/mol. The lowest BCUT2D eigenvalue weighted by atomic mass is 10.1. The number of ether oxygens (including phenoxy) is 3. The number of carbonyl (C=O) groups is 3. The summed E-state index contributed by atoms with van der Waals surface area (Å²) in [4.78, 5) is 36.3. The van der Waals surface area contributed by atoms with E-state index in [9.17, 15) is 14.4 Å². The number of Topliss-reactive ketones (excluding diaryl/α,β-unsaturated/α-hetero) is 1. The molecule has 152 valence electrons. The molecule has 1 aliphatic rings. The Bertz CT molecular complexity index is 958. The second kappa shape index (κ2) is 8.96. The smallest absolute Gasteiger partial charge is 0.339 e. The summed E-state index contributed by atoms with van der Waals surface area (Å²) in [5.41, 5.74) is 1.05. The van der Waals surface area contributed by atoms with Crippen LogP contribution in [0, 0.1) is 0 Å². The summed E-state index contributed by atoms with van der Waals surface area (Å²) < 4.78 is 16.3. The number of esters is 1. The third-order valence-corrected chi connectivity index (χ3v) is 4.51. The van der Waals surface area contributed by atoms with Gasteiger partial charge in [0.2, 0.25) is 0 Å². The fourth-order valence-electron chi connectivity index (χ4n) is 2.69. The highest BCUT2D eigenvalue weighted by Gasteiger charge is 2.23. The number of ketones is 1. The Morgan fingerprint density at radius 2 is 1.86 bits per heavy atom. The van der Waals surface area contributed by atoms with E-state index in [1.54, 1.807) is 24.3 Å². The highest BCUT2D eigenvalue weighted by molar-refractivity contribution is 6.32. The van der Waals surface area contributed by atoms with Crippen molar-refractivity contribution in [1.82, 2.24) is 0 Å². The van der Waals surface area contributed by atoms with Crippen LogP contribution in [-0.4, -0.2) is 37.0 Å². The zero-order chi connectivity index (χ0) is 21.0. The molecule has 7 nitrogen and oxygen atoms in total. The molecule has 0 fully saturated rings. The van der Waals surface area contributed by atoms with Crippen LogP contribution in [-0.2, 0) is 9.53 Å². The summed E-state index contributed by atoms with van der Waals surface area (Å²) in [6.45, 7) is 3.80. The average molecular weight is 418 g/mol. The van der Waals surface area contributed by atoms with Gasteiger partial charge in [0.15, 0.2) is 23.4 Å². The Morgan fingerprint density at radius 3 is 2.62 bits per heavy atom. The van der Waals surface area contributed by atoms with Gasteiger partial charge in [0.25, 0.3) is 5.91 Å². The van der Waals surface area contributed by atoms with E-state index in [4.69, 9.17) is 25.8 Å². The molecule has 0 bridgehead atoms. The van der Waals surface area contributed by atoms with Crippen molar-refractivity contribution < 1.29 is 28.6 Å². The molecule has 2 aromatic rings. The number of halogens is 1. The molecule has 0 saturated heterocycles. The lowest BCUT2D eigenvalue weighted by molar-refractivity contribution is -0.123. The van der Waals surface area contributed by atoms with Gasteiger partial charge in [-0.2, -0.15) is 0 Å². The molecule has 1 unspecified atom stereocenters. The number of carbonyl (C=O) groups excluding carboxylic acids is 3. The van der Waals surface area contributed by atoms with Crippen molar-refractivity contribution in [2.75, 3.05) is 18.5 Å². The van der Waals surface area contributed by atoms with Gasteiger partial charge in [-0.25, -0.2) is 4.79 Å². The number of rotatable bonds is 5. The zero-order valence-corrected chi connectivity index (χ0v) is 16.7. The van der Waals surface area contributed by atoms with Gasteiger partial charge in [-0.1, -0.05) is 23.7 Å². The van der Waals surface area contributed by atoms with Crippen LogP contribution >= 0.6 is 11.6 Å². The molecule has 3 rings (SSSR count). The van der Waals surface area contributed by atoms with Crippen molar-refractivity contribution >= 4 is 34.9 Å². The predicted octanol–water partition coefficient (Wildman–Crippen LogP) is 3.89. The van der Waals surface area contributed by atoms with Crippen LogP contribution < -0.4 is 14.8 Å². The summed E-state index contributed by atoms with van der Waals surface area (Å²) in [6.07, 6.45) is -0.370. The normalized spacial score (nSPS) is 13.8. The van der Waals surface area contributed by atoms with Crippen LogP contribution in [0.15, 0.2) is 36.4 Å². The van der Waals surface area contributed by atoms with Crippen LogP contribution in [0.4, 0.5) is 5.69 Å². The van der Waals surface area contributed by atoms with Gasteiger partial charge in [0.1, 0.15) is 0 Å². The molecule has 8 heteroatoms. The Balaban J connectivity index is 1.68. The van der Waals surface area contributed by atoms with Crippen LogP contribution in [0.5, 0.6) is 11.5 Å². The lowest BCUT2D eigenvalue weighted by Gasteiger charge is -2.15. The lowest BCUT2D eigenvalue weighted by Crippen LogP contribution is -2.30. The largest absolute Gasteiger partial charge is 0.489 e. The Kier molecular flexibility index (Phi) is 6.39. The minimum Gasteiger partial charge on any atom is -0.489 e. The maximum absolute atomic E-state index is 12.5. The second-order valence-electron chi connectivity index (χ2n) is 6.51. The number of benzene rings is 2. The first-order valence-electron chi connectivity index (χ1n) is 9.07. The summed E-state index contributed by atoms with van der Waals surface area (Å²) >= 11 is 6.19. The molecule has 1 heterocycles. The third-order valence-electron chi connectivity index (χ3n) is 4.23. The predicted molar refractivity (Wildman–Crippen MR) is 107 cm³/mol. The first kappa shape index (κ1) is 20.7. The van der Waals surface area contributed by atoms with Gasteiger partial charge in [-0.05, 0) is 38.1 Å². The monoisotopic (exact) mass is 417 g/mol. The van der Waals surface area contributed by atoms with E-state index >= 15 is 0 Å². The second-order valence-corrected chi connectivity index (χ2v) is 6.92. The molecule has 29 heavy (non-hydrogen) atoms. The van der Waals surface area contributed by atoms with Crippen molar-refractivity contribution in [3.63, 3.8) is 0 Å². The van der Waals surface area contributed by atoms with Crippen molar-refractivity contribution in [2.24, 2.45) is 0 Å². The van der Waals surface area contributed by atoms with E-state index in [2.05, 4.69) is 5.32 Å². The number of hydrogen-bond donors (Lipinski definition) is 1. The van der Waals surface area contributed by atoms with Gasteiger partial charge in [0, 0.05) is 17.7 Å². The number of hydrogen-bond acceptors (Lipinski definition) is 6. The Hall–Kier alpha value is -3.06. The van der Waals surface area contributed by atoms with E-state index < -0.39 is 18.0 Å². The first-order valence-corrected chi connectivity index (χ1v) is 9.45. The quantitative estimate of drug-likeness (QED) is 0.586. The topological polar surface area (TPSA) is 90.9 Å². The Morgan fingerprint density at radius 1 is 1.10 bits per heavy atom. The first-order chi connectivity index (χ1) is 13.8. The van der Waals surface area contributed by atoms with E-state index in [1.165, 1.54) is 26.0 Å². The van der Waals surface area contributed by atoms with E-state index in [1.807, 2.05) is 0 Å². The molecule has 1 amide bonds. The molecule has 0 radical (unpaired) electrons. The molecule has 2 aromatic carbocycles. The minimum atomic E-state index is -1.07. The number of amides is 1. The van der Waals surface area contributed by atoms with Gasteiger partial charge in [0.05, 0.1) is 23.8 Å². The highest BCUT2D eigenvalue weighted by Crippen LogP contribution is 2.38. The third kappa shape index (κ3) is 5.06. The van der Waals surface area contributed by atoms with E-state index in [-0.39, 0.29) is 16.4 Å². The maximum atomic E-state index is 12.5. The van der Waals surface area contributed by atoms with Crippen LogP contribution in [0.2, 0.25) is 5.02 Å². The Labute approximate surface area is 172 Å². The summed E-state index contributed by atoms with van der Waals surface area (Å²) in [7, 11) is 0. The van der Waals surface area contributed by atoms with Gasteiger partial charge < -0.3 is 19.5 Å². The molecule has 0 saturated carbocycles. The summed E-state index contributed by atoms with van der Waals surface area (Å²) in [5.74, 6) is -0.619. The average Bonchev–Trinajstić information content (AvgIpc) is 2.94.